The molecule has 1 aromatic rings. The second-order valence-electron chi connectivity index (χ2n) is 3.50. The summed E-state index contributed by atoms with van der Waals surface area (Å²) in [5.74, 6) is -1.41. The SMILES string of the molecule is COC(=O)/C=C(/Nc1ccc(C#N)cc1Br)C(=O)OC. The first-order valence-corrected chi connectivity index (χ1v) is 6.15. The third-order valence-electron chi connectivity index (χ3n) is 2.24. The number of esters is 2. The number of benzene rings is 1. The zero-order valence-corrected chi connectivity index (χ0v) is 12.4. The summed E-state index contributed by atoms with van der Waals surface area (Å²) in [6, 6.07) is 6.73. The van der Waals surface area contributed by atoms with Crippen molar-refractivity contribution in [2.75, 3.05) is 19.5 Å². The van der Waals surface area contributed by atoms with Crippen molar-refractivity contribution in [3.05, 3.63) is 40.0 Å². The molecule has 0 saturated heterocycles. The molecular weight excluding hydrogens is 328 g/mol. The van der Waals surface area contributed by atoms with Crippen LogP contribution in [0.25, 0.3) is 0 Å². The second-order valence-corrected chi connectivity index (χ2v) is 4.36. The predicted octanol–water partition coefficient (Wildman–Crippen LogP) is 1.96. The Kier molecular flexibility index (Phi) is 5.74. The van der Waals surface area contributed by atoms with Gasteiger partial charge in [-0.3, -0.25) is 0 Å². The fourth-order valence-corrected chi connectivity index (χ4v) is 1.74. The Morgan fingerprint density at radius 1 is 1.35 bits per heavy atom. The first-order valence-electron chi connectivity index (χ1n) is 5.36. The highest BCUT2D eigenvalue weighted by molar-refractivity contribution is 9.10. The van der Waals surface area contributed by atoms with E-state index in [2.05, 4.69) is 30.7 Å². The lowest BCUT2D eigenvalue weighted by molar-refractivity contribution is -0.138. The fraction of sp³-hybridized carbons (Fsp3) is 0.154. The minimum absolute atomic E-state index is 0.0789. The van der Waals surface area contributed by atoms with Crippen LogP contribution >= 0.6 is 15.9 Å². The highest BCUT2D eigenvalue weighted by Gasteiger charge is 2.14. The van der Waals surface area contributed by atoms with Crippen LogP contribution in [0.1, 0.15) is 5.56 Å². The highest BCUT2D eigenvalue weighted by Crippen LogP contribution is 2.25. The van der Waals surface area contributed by atoms with Gasteiger partial charge in [-0.05, 0) is 34.1 Å². The maximum absolute atomic E-state index is 11.6. The Balaban J connectivity index is 3.08. The number of nitrogens with zero attached hydrogens (tertiary/aromatic N) is 1. The predicted molar refractivity (Wildman–Crippen MR) is 74.6 cm³/mol. The zero-order valence-electron chi connectivity index (χ0n) is 10.8. The lowest BCUT2D eigenvalue weighted by atomic mass is 10.2. The van der Waals surface area contributed by atoms with E-state index in [4.69, 9.17) is 5.26 Å². The number of carbonyl (C=O) groups excluding carboxylic acids is 2. The molecule has 104 valence electrons. The number of ether oxygens (including phenoxy) is 2. The summed E-state index contributed by atoms with van der Waals surface area (Å²) in [6.45, 7) is 0. The summed E-state index contributed by atoms with van der Waals surface area (Å²) in [5.41, 5.74) is 0.883. The molecule has 1 aromatic carbocycles. The van der Waals surface area contributed by atoms with E-state index in [-0.39, 0.29) is 5.70 Å². The molecule has 0 aliphatic rings. The molecule has 1 rings (SSSR count). The minimum atomic E-state index is -0.716. The molecule has 6 nitrogen and oxygen atoms in total. The van der Waals surface area contributed by atoms with Crippen molar-refractivity contribution in [3.8, 4) is 6.07 Å². The number of methoxy groups -OCH3 is 2. The van der Waals surface area contributed by atoms with Crippen LogP contribution in [0.3, 0.4) is 0 Å². The van der Waals surface area contributed by atoms with E-state index in [9.17, 15) is 9.59 Å². The molecule has 0 fully saturated rings. The molecule has 0 saturated carbocycles. The summed E-state index contributed by atoms with van der Waals surface area (Å²) in [6.07, 6.45) is 0.983. The third-order valence-corrected chi connectivity index (χ3v) is 2.89. The van der Waals surface area contributed by atoms with Gasteiger partial charge in [0.15, 0.2) is 0 Å². The average Bonchev–Trinajstić information content (AvgIpc) is 2.47. The summed E-state index contributed by atoms with van der Waals surface area (Å²) < 4.78 is 9.60. The van der Waals surface area contributed by atoms with E-state index in [0.717, 1.165) is 6.08 Å². The van der Waals surface area contributed by atoms with Crippen molar-refractivity contribution in [1.82, 2.24) is 0 Å². The van der Waals surface area contributed by atoms with Crippen molar-refractivity contribution in [2.45, 2.75) is 0 Å². The Bertz CT molecular complexity index is 605. The summed E-state index contributed by atoms with van der Waals surface area (Å²) in [4.78, 5) is 22.8. The van der Waals surface area contributed by atoms with Crippen LogP contribution in [-0.4, -0.2) is 26.2 Å². The normalized spacial score (nSPS) is 10.4. The Morgan fingerprint density at radius 3 is 2.55 bits per heavy atom. The van der Waals surface area contributed by atoms with Gasteiger partial charge in [-0.1, -0.05) is 0 Å². The van der Waals surface area contributed by atoms with Gasteiger partial charge >= 0.3 is 11.9 Å². The zero-order chi connectivity index (χ0) is 15.1. The lowest BCUT2D eigenvalue weighted by Gasteiger charge is -2.10. The van der Waals surface area contributed by atoms with E-state index in [0.29, 0.717) is 15.7 Å². The summed E-state index contributed by atoms with van der Waals surface area (Å²) >= 11 is 3.26. The molecule has 0 heterocycles. The van der Waals surface area contributed by atoms with Crippen LogP contribution in [0.5, 0.6) is 0 Å². The molecule has 0 radical (unpaired) electrons. The molecule has 0 amide bonds. The topological polar surface area (TPSA) is 88.4 Å². The van der Waals surface area contributed by atoms with Crippen molar-refractivity contribution in [3.63, 3.8) is 0 Å². The molecule has 1 N–H and O–H groups in total. The maximum Gasteiger partial charge on any atom is 0.354 e. The van der Waals surface area contributed by atoms with Crippen LogP contribution in [-0.2, 0) is 19.1 Å². The molecular formula is C13H11BrN2O4. The molecule has 0 aliphatic carbocycles. The van der Waals surface area contributed by atoms with Crippen molar-refractivity contribution < 1.29 is 19.1 Å². The Morgan fingerprint density at radius 2 is 2.05 bits per heavy atom. The second kappa shape index (κ2) is 7.31. The van der Waals surface area contributed by atoms with E-state index < -0.39 is 11.9 Å². The van der Waals surface area contributed by atoms with E-state index in [1.807, 2.05) is 6.07 Å². The monoisotopic (exact) mass is 338 g/mol. The molecule has 0 spiro atoms. The molecule has 0 unspecified atom stereocenters. The van der Waals surface area contributed by atoms with E-state index in [1.165, 1.54) is 14.2 Å². The minimum Gasteiger partial charge on any atom is -0.466 e. The standard InChI is InChI=1S/C13H11BrN2O4/c1-19-12(17)6-11(13(18)20-2)16-10-4-3-8(7-15)5-9(10)14/h3-6,16H,1-2H3/b11-6+. The molecule has 0 aliphatic heterocycles. The summed E-state index contributed by atoms with van der Waals surface area (Å²) in [5, 5.41) is 11.5. The molecule has 0 aromatic heterocycles. The van der Waals surface area contributed by atoms with Crippen LogP contribution in [0, 0.1) is 11.3 Å². The van der Waals surface area contributed by atoms with Crippen LogP contribution in [0.15, 0.2) is 34.4 Å². The number of halogens is 1. The fourth-order valence-electron chi connectivity index (χ4n) is 1.26. The van der Waals surface area contributed by atoms with Crippen molar-refractivity contribution >= 4 is 33.6 Å². The van der Waals surface area contributed by atoms with Crippen LogP contribution < -0.4 is 5.32 Å². The number of hydrogen-bond acceptors (Lipinski definition) is 6. The number of nitriles is 1. The third kappa shape index (κ3) is 4.10. The first kappa shape index (κ1) is 15.7. The van der Waals surface area contributed by atoms with Gasteiger partial charge in [-0.15, -0.1) is 0 Å². The van der Waals surface area contributed by atoms with Gasteiger partial charge in [0, 0.05) is 4.47 Å². The maximum atomic E-state index is 11.6. The number of nitrogens with one attached hydrogen (secondary N) is 1. The number of rotatable bonds is 4. The molecule has 0 atom stereocenters. The number of anilines is 1. The molecule has 0 bridgehead atoms. The average molecular weight is 339 g/mol. The Hall–Kier alpha value is -2.33. The van der Waals surface area contributed by atoms with Crippen LogP contribution in [0.4, 0.5) is 5.69 Å². The summed E-state index contributed by atoms with van der Waals surface area (Å²) in [7, 11) is 2.40. The van der Waals surface area contributed by atoms with Crippen molar-refractivity contribution in [2.24, 2.45) is 0 Å². The van der Waals surface area contributed by atoms with Gasteiger partial charge in [0.2, 0.25) is 0 Å². The van der Waals surface area contributed by atoms with E-state index >= 15 is 0 Å². The quantitative estimate of drug-likeness (QED) is 0.666. The van der Waals surface area contributed by atoms with Gasteiger partial charge in [0.05, 0.1) is 37.6 Å². The molecule has 20 heavy (non-hydrogen) atoms. The number of carbonyl (C=O) groups is 2. The smallest absolute Gasteiger partial charge is 0.354 e. The van der Waals surface area contributed by atoms with Gasteiger partial charge in [-0.2, -0.15) is 5.26 Å². The Labute approximate surface area is 124 Å². The number of hydrogen-bond donors (Lipinski definition) is 1. The van der Waals surface area contributed by atoms with Gasteiger partial charge in [-0.25, -0.2) is 9.59 Å². The van der Waals surface area contributed by atoms with Gasteiger partial charge in [0.25, 0.3) is 0 Å². The van der Waals surface area contributed by atoms with E-state index in [1.54, 1.807) is 18.2 Å². The van der Waals surface area contributed by atoms with Gasteiger partial charge in [0.1, 0.15) is 5.70 Å². The van der Waals surface area contributed by atoms with Crippen LogP contribution in [0.2, 0.25) is 0 Å². The lowest BCUT2D eigenvalue weighted by Crippen LogP contribution is -2.15. The highest BCUT2D eigenvalue weighted by atomic mass is 79.9. The first-order chi connectivity index (χ1) is 9.51. The van der Waals surface area contributed by atoms with Gasteiger partial charge < -0.3 is 14.8 Å². The van der Waals surface area contributed by atoms with Crippen molar-refractivity contribution in [1.29, 1.82) is 5.26 Å². The molecule has 7 heteroatoms. The largest absolute Gasteiger partial charge is 0.466 e.